The van der Waals surface area contributed by atoms with Gasteiger partial charge in [-0.05, 0) is 37.0 Å². The van der Waals surface area contributed by atoms with Gasteiger partial charge in [-0.1, -0.05) is 19.8 Å². The topological polar surface area (TPSA) is 38.0 Å². The van der Waals surface area contributed by atoms with Crippen molar-refractivity contribution in [3.05, 3.63) is 23.8 Å². The molecule has 0 amide bonds. The highest BCUT2D eigenvalue weighted by molar-refractivity contribution is 5.67. The number of nitrogens with two attached hydrogens (primary N) is 1. The van der Waals surface area contributed by atoms with Gasteiger partial charge in [0, 0.05) is 6.04 Å². The van der Waals surface area contributed by atoms with Crippen LogP contribution >= 0.6 is 0 Å². The predicted molar refractivity (Wildman–Crippen MR) is 70.9 cm³/mol. The number of alkyl halides is 3. The van der Waals surface area contributed by atoms with Gasteiger partial charge in [-0.25, -0.2) is 0 Å². The molecule has 0 radical (unpaired) electrons. The first kappa shape index (κ1) is 14.0. The van der Waals surface area contributed by atoms with Crippen LogP contribution < -0.4 is 11.1 Å². The first-order chi connectivity index (χ1) is 8.90. The third-order valence-electron chi connectivity index (χ3n) is 3.55. The van der Waals surface area contributed by atoms with Crippen molar-refractivity contribution in [2.75, 3.05) is 11.1 Å². The zero-order valence-electron chi connectivity index (χ0n) is 10.9. The summed E-state index contributed by atoms with van der Waals surface area (Å²) in [5.74, 6) is 0.771. The second-order valence-electron chi connectivity index (χ2n) is 5.23. The second kappa shape index (κ2) is 5.31. The molecule has 5 heteroatoms. The van der Waals surface area contributed by atoms with Crippen molar-refractivity contribution < 1.29 is 13.2 Å². The lowest BCUT2D eigenvalue weighted by molar-refractivity contribution is -0.137. The molecule has 2 nitrogen and oxygen atoms in total. The van der Waals surface area contributed by atoms with Crippen molar-refractivity contribution in [1.82, 2.24) is 0 Å². The Hall–Kier alpha value is -1.39. The van der Waals surface area contributed by atoms with Crippen LogP contribution in [0.4, 0.5) is 24.5 Å². The molecular weight excluding hydrogens is 253 g/mol. The minimum atomic E-state index is -4.34. The van der Waals surface area contributed by atoms with Crippen molar-refractivity contribution in [3.8, 4) is 0 Å². The number of nitrogens with one attached hydrogen (secondary N) is 1. The number of hydrogen-bond acceptors (Lipinski definition) is 2. The smallest absolute Gasteiger partial charge is 0.397 e. The monoisotopic (exact) mass is 272 g/mol. The molecule has 0 bridgehead atoms. The maximum absolute atomic E-state index is 12.5. The van der Waals surface area contributed by atoms with Crippen molar-refractivity contribution in [2.45, 2.75) is 44.8 Å². The van der Waals surface area contributed by atoms with E-state index in [-0.39, 0.29) is 11.7 Å². The van der Waals surface area contributed by atoms with E-state index in [0.717, 1.165) is 30.9 Å². The number of rotatable bonds is 5. The van der Waals surface area contributed by atoms with Crippen LogP contribution in [0.2, 0.25) is 0 Å². The van der Waals surface area contributed by atoms with Gasteiger partial charge in [-0.15, -0.1) is 0 Å². The lowest BCUT2D eigenvalue weighted by Gasteiger charge is -2.20. The number of nitrogen functional groups attached to an aromatic ring is 1. The predicted octanol–water partition coefficient (Wildman–Crippen LogP) is 4.28. The quantitative estimate of drug-likeness (QED) is 0.785. The van der Waals surface area contributed by atoms with Crippen molar-refractivity contribution in [1.29, 1.82) is 0 Å². The minimum absolute atomic E-state index is 0.157. The first-order valence-electron chi connectivity index (χ1n) is 6.63. The molecule has 0 heterocycles. The summed E-state index contributed by atoms with van der Waals surface area (Å²) in [5.41, 5.74) is 5.76. The third kappa shape index (κ3) is 3.78. The third-order valence-corrected chi connectivity index (χ3v) is 3.55. The molecule has 1 aromatic rings. The van der Waals surface area contributed by atoms with Crippen LogP contribution in [0.5, 0.6) is 0 Å². The minimum Gasteiger partial charge on any atom is -0.397 e. The average Bonchev–Trinajstić information content (AvgIpc) is 3.13. The van der Waals surface area contributed by atoms with Crippen LogP contribution in [0.25, 0.3) is 0 Å². The van der Waals surface area contributed by atoms with E-state index in [1.807, 2.05) is 0 Å². The summed E-state index contributed by atoms with van der Waals surface area (Å²) < 4.78 is 37.6. The van der Waals surface area contributed by atoms with E-state index < -0.39 is 11.7 Å². The Balaban J connectivity index is 2.07. The van der Waals surface area contributed by atoms with Gasteiger partial charge in [-0.3, -0.25) is 0 Å². The van der Waals surface area contributed by atoms with E-state index in [9.17, 15) is 13.2 Å². The highest BCUT2D eigenvalue weighted by Gasteiger charge is 2.31. The first-order valence-corrected chi connectivity index (χ1v) is 6.63. The Morgan fingerprint density at radius 1 is 1.37 bits per heavy atom. The maximum Gasteiger partial charge on any atom is 0.416 e. The molecule has 2 rings (SSSR count). The van der Waals surface area contributed by atoms with Crippen LogP contribution in [0, 0.1) is 5.92 Å². The molecule has 1 aromatic carbocycles. The van der Waals surface area contributed by atoms with Crippen LogP contribution in [0.1, 0.15) is 38.2 Å². The number of halogens is 3. The Morgan fingerprint density at radius 3 is 2.53 bits per heavy atom. The fourth-order valence-electron chi connectivity index (χ4n) is 2.17. The molecule has 1 aliphatic carbocycles. The molecule has 1 unspecified atom stereocenters. The van der Waals surface area contributed by atoms with Crippen LogP contribution in [-0.4, -0.2) is 6.04 Å². The lowest BCUT2D eigenvalue weighted by Crippen LogP contribution is -2.20. The van der Waals surface area contributed by atoms with Gasteiger partial charge in [0.15, 0.2) is 0 Å². The van der Waals surface area contributed by atoms with E-state index >= 15 is 0 Å². The highest BCUT2D eigenvalue weighted by Crippen LogP contribution is 2.36. The summed E-state index contributed by atoms with van der Waals surface area (Å²) in [6.45, 7) is 2.07. The van der Waals surface area contributed by atoms with Crippen molar-refractivity contribution in [3.63, 3.8) is 0 Å². The summed E-state index contributed by atoms with van der Waals surface area (Å²) >= 11 is 0. The van der Waals surface area contributed by atoms with Gasteiger partial charge in [0.25, 0.3) is 0 Å². The van der Waals surface area contributed by atoms with E-state index in [1.54, 1.807) is 0 Å². The van der Waals surface area contributed by atoms with Crippen molar-refractivity contribution >= 4 is 11.4 Å². The summed E-state index contributed by atoms with van der Waals surface area (Å²) in [4.78, 5) is 0. The standard InChI is InChI=1S/C14H19F3N2/c1-2-11(7-9-3-4-9)19-13-6-5-10(8-12(13)18)14(15,16)17/h5-6,8-9,11,19H,2-4,7,18H2,1H3. The molecule has 0 aliphatic heterocycles. The Bertz CT molecular complexity index is 439. The molecular formula is C14H19F3N2. The number of hydrogen-bond donors (Lipinski definition) is 2. The molecule has 0 aromatic heterocycles. The largest absolute Gasteiger partial charge is 0.416 e. The molecule has 19 heavy (non-hydrogen) atoms. The Morgan fingerprint density at radius 2 is 2.05 bits per heavy atom. The maximum atomic E-state index is 12.5. The summed E-state index contributed by atoms with van der Waals surface area (Å²) in [5, 5.41) is 3.25. The summed E-state index contributed by atoms with van der Waals surface area (Å²) in [6.07, 6.45) is 0.195. The van der Waals surface area contributed by atoms with Gasteiger partial charge in [0.2, 0.25) is 0 Å². The van der Waals surface area contributed by atoms with E-state index in [2.05, 4.69) is 12.2 Å². The van der Waals surface area contributed by atoms with Gasteiger partial charge in [0.1, 0.15) is 0 Å². The van der Waals surface area contributed by atoms with Crippen LogP contribution in [-0.2, 0) is 6.18 Å². The van der Waals surface area contributed by atoms with Gasteiger partial charge in [0.05, 0.1) is 16.9 Å². The van der Waals surface area contributed by atoms with E-state index in [4.69, 9.17) is 5.73 Å². The zero-order valence-corrected chi connectivity index (χ0v) is 10.9. The van der Waals surface area contributed by atoms with Crippen LogP contribution in [0.15, 0.2) is 18.2 Å². The number of benzene rings is 1. The average molecular weight is 272 g/mol. The van der Waals surface area contributed by atoms with Gasteiger partial charge in [-0.2, -0.15) is 13.2 Å². The molecule has 3 N–H and O–H groups in total. The molecule has 0 spiro atoms. The SMILES string of the molecule is CCC(CC1CC1)Nc1ccc(C(F)(F)F)cc1N. The number of anilines is 2. The zero-order chi connectivity index (χ0) is 14.0. The molecule has 1 aliphatic rings. The van der Waals surface area contributed by atoms with E-state index in [0.29, 0.717) is 5.69 Å². The fraction of sp³-hybridized carbons (Fsp3) is 0.571. The summed E-state index contributed by atoms with van der Waals surface area (Å²) in [6, 6.07) is 3.77. The van der Waals surface area contributed by atoms with E-state index in [1.165, 1.54) is 18.9 Å². The molecule has 1 saturated carbocycles. The Labute approximate surface area is 111 Å². The van der Waals surface area contributed by atoms with Gasteiger partial charge >= 0.3 is 6.18 Å². The molecule has 1 atom stereocenters. The normalized spacial score (nSPS) is 17.3. The second-order valence-corrected chi connectivity index (χ2v) is 5.23. The molecule has 0 saturated heterocycles. The Kier molecular flexibility index (Phi) is 3.92. The molecule has 106 valence electrons. The van der Waals surface area contributed by atoms with Gasteiger partial charge < -0.3 is 11.1 Å². The molecule has 1 fully saturated rings. The van der Waals surface area contributed by atoms with Crippen LogP contribution in [0.3, 0.4) is 0 Å². The fourth-order valence-corrected chi connectivity index (χ4v) is 2.17. The van der Waals surface area contributed by atoms with Crippen molar-refractivity contribution in [2.24, 2.45) is 5.92 Å². The lowest BCUT2D eigenvalue weighted by atomic mass is 10.1. The highest BCUT2D eigenvalue weighted by atomic mass is 19.4. The summed E-state index contributed by atoms with van der Waals surface area (Å²) in [7, 11) is 0.